The fourth-order valence-electron chi connectivity index (χ4n) is 3.03. The molecule has 0 N–H and O–H groups in total. The van der Waals surface area contributed by atoms with Crippen LogP contribution in [0.3, 0.4) is 0 Å². The highest BCUT2D eigenvalue weighted by Gasteiger charge is 2.26. The third kappa shape index (κ3) is 4.09. The lowest BCUT2D eigenvalue weighted by atomic mass is 10.2. The van der Waals surface area contributed by atoms with E-state index in [-0.39, 0.29) is 24.4 Å². The Morgan fingerprint density at radius 3 is 2.85 bits per heavy atom. The Labute approximate surface area is 160 Å². The first-order valence-corrected chi connectivity index (χ1v) is 9.67. The molecule has 1 aliphatic heterocycles. The Morgan fingerprint density at radius 2 is 2.07 bits per heavy atom. The van der Waals surface area contributed by atoms with Crippen molar-refractivity contribution in [1.29, 1.82) is 0 Å². The molecule has 0 radical (unpaired) electrons. The zero-order chi connectivity index (χ0) is 18.6. The largest absolute Gasteiger partial charge is 0.481 e. The van der Waals surface area contributed by atoms with Gasteiger partial charge >= 0.3 is 0 Å². The lowest BCUT2D eigenvalue weighted by Crippen LogP contribution is -2.40. The van der Waals surface area contributed by atoms with Crippen LogP contribution < -0.4 is 9.64 Å². The molecule has 1 fully saturated rings. The van der Waals surface area contributed by atoms with E-state index in [2.05, 4.69) is 4.98 Å². The number of halogens is 1. The fraction of sp³-hybridized carbons (Fsp3) is 0.300. The third-order valence-corrected chi connectivity index (χ3v) is 5.47. The van der Waals surface area contributed by atoms with E-state index in [0.717, 1.165) is 23.1 Å². The van der Waals surface area contributed by atoms with Crippen molar-refractivity contribution < 1.29 is 18.7 Å². The van der Waals surface area contributed by atoms with Gasteiger partial charge in [0.25, 0.3) is 5.91 Å². The molecule has 3 aromatic rings. The van der Waals surface area contributed by atoms with Crippen LogP contribution in [0.1, 0.15) is 12.8 Å². The standard InChI is InChI=1S/C20H19FN2O3S/c21-15-7-1-3-9-17(15)26-13-19(24)23(12-14-6-5-11-25-14)20-22-16-8-2-4-10-18(16)27-20/h1-4,7-10,14H,5-6,11-13H2/t14-/m0/s1. The summed E-state index contributed by atoms with van der Waals surface area (Å²) in [4.78, 5) is 19.1. The second kappa shape index (κ2) is 8.02. The van der Waals surface area contributed by atoms with Crippen LogP contribution in [0.4, 0.5) is 9.52 Å². The van der Waals surface area contributed by atoms with Gasteiger partial charge in [-0.2, -0.15) is 0 Å². The van der Waals surface area contributed by atoms with Crippen molar-refractivity contribution in [3.05, 3.63) is 54.3 Å². The van der Waals surface area contributed by atoms with E-state index in [4.69, 9.17) is 9.47 Å². The van der Waals surface area contributed by atoms with Gasteiger partial charge in [-0.3, -0.25) is 9.69 Å². The number of hydrogen-bond acceptors (Lipinski definition) is 5. The van der Waals surface area contributed by atoms with Crippen LogP contribution in [0.15, 0.2) is 48.5 Å². The van der Waals surface area contributed by atoms with Crippen molar-refractivity contribution in [2.24, 2.45) is 0 Å². The summed E-state index contributed by atoms with van der Waals surface area (Å²) in [5.74, 6) is -0.698. The number of carbonyl (C=O) groups excluding carboxylic acids is 1. The minimum atomic E-state index is -0.490. The monoisotopic (exact) mass is 386 g/mol. The van der Waals surface area contributed by atoms with Gasteiger partial charge in [0.05, 0.1) is 22.9 Å². The number of fused-ring (bicyclic) bond motifs is 1. The lowest BCUT2D eigenvalue weighted by molar-refractivity contribution is -0.121. The van der Waals surface area contributed by atoms with Crippen LogP contribution in [-0.4, -0.2) is 36.8 Å². The van der Waals surface area contributed by atoms with Crippen molar-refractivity contribution in [2.75, 3.05) is 24.7 Å². The Bertz CT molecular complexity index is 907. The van der Waals surface area contributed by atoms with Gasteiger partial charge in [-0.05, 0) is 37.1 Å². The zero-order valence-electron chi connectivity index (χ0n) is 14.6. The van der Waals surface area contributed by atoms with Crippen molar-refractivity contribution in [3.63, 3.8) is 0 Å². The predicted octanol–water partition coefficient (Wildman–Crippen LogP) is 4.03. The first-order valence-electron chi connectivity index (χ1n) is 8.85. The van der Waals surface area contributed by atoms with Gasteiger partial charge < -0.3 is 9.47 Å². The second-order valence-corrected chi connectivity index (χ2v) is 7.33. The van der Waals surface area contributed by atoms with Crippen LogP contribution in [0, 0.1) is 5.82 Å². The normalized spacial score (nSPS) is 16.6. The Morgan fingerprint density at radius 1 is 1.26 bits per heavy atom. The molecule has 1 aromatic heterocycles. The average molecular weight is 386 g/mol. The molecule has 4 rings (SSSR count). The summed E-state index contributed by atoms with van der Waals surface area (Å²) in [5.41, 5.74) is 0.845. The molecule has 2 heterocycles. The first-order chi connectivity index (χ1) is 13.2. The molecule has 1 saturated heterocycles. The quantitative estimate of drug-likeness (QED) is 0.642. The molecule has 0 saturated carbocycles. The highest BCUT2D eigenvalue weighted by Crippen LogP contribution is 2.30. The van der Waals surface area contributed by atoms with Gasteiger partial charge in [-0.25, -0.2) is 9.37 Å². The van der Waals surface area contributed by atoms with E-state index in [9.17, 15) is 9.18 Å². The third-order valence-electron chi connectivity index (χ3n) is 4.41. The molecule has 0 unspecified atom stereocenters. The summed E-state index contributed by atoms with van der Waals surface area (Å²) in [5, 5.41) is 0.605. The average Bonchev–Trinajstić information content (AvgIpc) is 3.34. The summed E-state index contributed by atoms with van der Waals surface area (Å²) in [6.07, 6.45) is 1.87. The molecule has 0 aliphatic carbocycles. The molecule has 1 amide bonds. The topological polar surface area (TPSA) is 51.7 Å². The maximum absolute atomic E-state index is 13.8. The molecule has 1 atom stereocenters. The molecule has 5 nitrogen and oxygen atoms in total. The highest BCUT2D eigenvalue weighted by atomic mass is 32.1. The van der Waals surface area contributed by atoms with Gasteiger partial charge in [0, 0.05) is 6.61 Å². The van der Waals surface area contributed by atoms with Crippen LogP contribution in [0.2, 0.25) is 0 Å². The fourth-order valence-corrected chi connectivity index (χ4v) is 4.03. The summed E-state index contributed by atoms with van der Waals surface area (Å²) < 4.78 is 25.9. The number of amides is 1. The van der Waals surface area contributed by atoms with Crippen molar-refractivity contribution in [3.8, 4) is 5.75 Å². The van der Waals surface area contributed by atoms with E-state index in [1.807, 2.05) is 24.3 Å². The SMILES string of the molecule is O=C(COc1ccccc1F)N(C[C@@H]1CCCO1)c1nc2ccccc2s1. The van der Waals surface area contributed by atoms with Crippen LogP contribution in [0.25, 0.3) is 10.2 Å². The van der Waals surface area contributed by atoms with Crippen molar-refractivity contribution in [2.45, 2.75) is 18.9 Å². The Balaban J connectivity index is 1.54. The molecule has 7 heteroatoms. The molecule has 0 bridgehead atoms. The Kier molecular flexibility index (Phi) is 5.31. The van der Waals surface area contributed by atoms with E-state index >= 15 is 0 Å². The highest BCUT2D eigenvalue weighted by molar-refractivity contribution is 7.22. The maximum Gasteiger partial charge on any atom is 0.266 e. The molecule has 0 spiro atoms. The number of ether oxygens (including phenoxy) is 2. The minimum Gasteiger partial charge on any atom is -0.481 e. The van der Waals surface area contributed by atoms with Crippen LogP contribution in [-0.2, 0) is 9.53 Å². The van der Waals surface area contributed by atoms with Gasteiger partial charge in [-0.15, -0.1) is 0 Å². The summed E-state index contributed by atoms with van der Waals surface area (Å²) >= 11 is 1.45. The number of benzene rings is 2. The molecule has 2 aromatic carbocycles. The number of thiazole rings is 1. The zero-order valence-corrected chi connectivity index (χ0v) is 15.5. The maximum atomic E-state index is 13.8. The number of aromatic nitrogens is 1. The molecular weight excluding hydrogens is 367 g/mol. The molecule has 1 aliphatic rings. The van der Waals surface area contributed by atoms with E-state index < -0.39 is 5.82 Å². The van der Waals surface area contributed by atoms with Crippen LogP contribution in [0.5, 0.6) is 5.75 Å². The van der Waals surface area contributed by atoms with Crippen molar-refractivity contribution in [1.82, 2.24) is 4.98 Å². The molecular formula is C20H19FN2O3S. The summed E-state index contributed by atoms with van der Waals surface area (Å²) in [7, 11) is 0. The lowest BCUT2D eigenvalue weighted by Gasteiger charge is -2.23. The summed E-state index contributed by atoms with van der Waals surface area (Å²) in [6.45, 7) is 0.862. The van der Waals surface area contributed by atoms with Gasteiger partial charge in [0.1, 0.15) is 0 Å². The minimum absolute atomic E-state index is 0.0191. The van der Waals surface area contributed by atoms with Crippen molar-refractivity contribution >= 4 is 32.6 Å². The predicted molar refractivity (Wildman–Crippen MR) is 103 cm³/mol. The van der Waals surface area contributed by atoms with E-state index in [1.54, 1.807) is 17.0 Å². The number of para-hydroxylation sites is 2. The molecule has 140 valence electrons. The Hall–Kier alpha value is -2.51. The van der Waals surface area contributed by atoms with Gasteiger partial charge in [0.2, 0.25) is 0 Å². The van der Waals surface area contributed by atoms with E-state index in [1.165, 1.54) is 23.5 Å². The first kappa shape index (κ1) is 17.9. The number of carbonyl (C=O) groups is 1. The van der Waals surface area contributed by atoms with E-state index in [0.29, 0.717) is 18.3 Å². The smallest absolute Gasteiger partial charge is 0.266 e. The second-order valence-electron chi connectivity index (χ2n) is 6.32. The van der Waals surface area contributed by atoms with Gasteiger partial charge in [0.15, 0.2) is 23.3 Å². The van der Waals surface area contributed by atoms with Gasteiger partial charge in [-0.1, -0.05) is 35.6 Å². The number of anilines is 1. The van der Waals surface area contributed by atoms with Crippen LogP contribution >= 0.6 is 11.3 Å². The number of rotatable bonds is 6. The molecule has 27 heavy (non-hydrogen) atoms. The number of hydrogen-bond donors (Lipinski definition) is 0. The summed E-state index contributed by atoms with van der Waals surface area (Å²) in [6, 6.07) is 13.8. The number of nitrogens with zero attached hydrogens (tertiary/aromatic N) is 2.